The van der Waals surface area contributed by atoms with Gasteiger partial charge in [0.1, 0.15) is 12.1 Å². The second kappa shape index (κ2) is 9.65. The second-order valence-corrected chi connectivity index (χ2v) is 6.33. The van der Waals surface area contributed by atoms with Gasteiger partial charge in [-0.1, -0.05) is 97.1 Å². The van der Waals surface area contributed by atoms with Crippen LogP contribution >= 0.6 is 0 Å². The number of hydrogen-bond acceptors (Lipinski definition) is 3. The average Bonchev–Trinajstić information content (AvgIpc) is 2.77. The molecule has 0 aromatic heterocycles. The van der Waals surface area contributed by atoms with Gasteiger partial charge in [0, 0.05) is 6.54 Å². The first-order valence-electron chi connectivity index (χ1n) is 9.20. The Balaban J connectivity index is 2.01. The van der Waals surface area contributed by atoms with E-state index in [1.165, 1.54) is 0 Å². The molecule has 0 fully saturated rings. The average molecular weight is 372 g/mol. The van der Waals surface area contributed by atoms with Crippen molar-refractivity contribution in [1.82, 2.24) is 10.8 Å². The molecule has 0 aliphatic heterocycles. The third kappa shape index (κ3) is 4.36. The van der Waals surface area contributed by atoms with E-state index < -0.39 is 5.54 Å². The molecule has 0 heterocycles. The molecule has 0 spiro atoms. The van der Waals surface area contributed by atoms with Gasteiger partial charge in [0.2, 0.25) is 5.91 Å². The van der Waals surface area contributed by atoms with E-state index in [1.807, 2.05) is 91.0 Å². The van der Waals surface area contributed by atoms with Crippen LogP contribution in [0.3, 0.4) is 0 Å². The summed E-state index contributed by atoms with van der Waals surface area (Å²) >= 11 is 0. The lowest BCUT2D eigenvalue weighted by Gasteiger charge is -2.36. The summed E-state index contributed by atoms with van der Waals surface area (Å²) in [5.74, 6) is -0.213. The Labute approximate surface area is 165 Å². The first kappa shape index (κ1) is 19.5. The van der Waals surface area contributed by atoms with Crippen LogP contribution in [0, 0.1) is 0 Å². The SMILES string of the molecule is C=CCNC(=O)CONC(c1ccccc1)(c1ccccc1)c1ccccc1. The van der Waals surface area contributed by atoms with E-state index in [0.717, 1.165) is 16.7 Å². The number of amides is 1. The van der Waals surface area contributed by atoms with Crippen molar-refractivity contribution in [2.24, 2.45) is 0 Å². The van der Waals surface area contributed by atoms with Crippen molar-refractivity contribution in [2.75, 3.05) is 13.2 Å². The molecule has 142 valence electrons. The Morgan fingerprint density at radius 2 is 1.25 bits per heavy atom. The van der Waals surface area contributed by atoms with Gasteiger partial charge in [-0.15, -0.1) is 6.58 Å². The van der Waals surface area contributed by atoms with Crippen LogP contribution in [0.1, 0.15) is 16.7 Å². The van der Waals surface area contributed by atoms with Gasteiger partial charge in [-0.3, -0.25) is 9.63 Å². The molecule has 0 aliphatic carbocycles. The molecule has 0 saturated heterocycles. The molecule has 0 aliphatic rings. The van der Waals surface area contributed by atoms with E-state index in [-0.39, 0.29) is 12.5 Å². The third-order valence-corrected chi connectivity index (χ3v) is 4.49. The summed E-state index contributed by atoms with van der Waals surface area (Å²) in [6, 6.07) is 30.2. The monoisotopic (exact) mass is 372 g/mol. The van der Waals surface area contributed by atoms with Crippen LogP contribution in [-0.2, 0) is 15.2 Å². The molecule has 3 aromatic rings. The molecule has 0 saturated carbocycles. The largest absolute Gasteiger partial charge is 0.351 e. The Bertz CT molecular complexity index is 784. The van der Waals surface area contributed by atoms with Crippen molar-refractivity contribution in [3.05, 3.63) is 120 Å². The fourth-order valence-electron chi connectivity index (χ4n) is 3.19. The summed E-state index contributed by atoms with van der Waals surface area (Å²) in [6.07, 6.45) is 1.63. The van der Waals surface area contributed by atoms with E-state index >= 15 is 0 Å². The Kier molecular flexibility index (Phi) is 6.73. The lowest BCUT2D eigenvalue weighted by Crippen LogP contribution is -2.46. The molecule has 0 bridgehead atoms. The van der Waals surface area contributed by atoms with Crippen molar-refractivity contribution in [2.45, 2.75) is 5.54 Å². The maximum atomic E-state index is 12.0. The maximum absolute atomic E-state index is 12.0. The molecular weight excluding hydrogens is 348 g/mol. The number of benzene rings is 3. The van der Waals surface area contributed by atoms with Crippen LogP contribution in [0.5, 0.6) is 0 Å². The van der Waals surface area contributed by atoms with Crippen molar-refractivity contribution in [1.29, 1.82) is 0 Å². The molecule has 0 unspecified atom stereocenters. The minimum Gasteiger partial charge on any atom is -0.351 e. The zero-order valence-corrected chi connectivity index (χ0v) is 15.7. The molecule has 4 nitrogen and oxygen atoms in total. The summed E-state index contributed by atoms with van der Waals surface area (Å²) in [5.41, 5.74) is 5.48. The summed E-state index contributed by atoms with van der Waals surface area (Å²) in [7, 11) is 0. The maximum Gasteiger partial charge on any atom is 0.248 e. The van der Waals surface area contributed by atoms with Gasteiger partial charge in [0.05, 0.1) is 0 Å². The summed E-state index contributed by atoms with van der Waals surface area (Å²) in [4.78, 5) is 17.7. The highest BCUT2D eigenvalue weighted by Crippen LogP contribution is 2.36. The first-order valence-corrected chi connectivity index (χ1v) is 9.20. The molecule has 0 atom stereocenters. The number of nitrogens with one attached hydrogen (secondary N) is 2. The highest BCUT2D eigenvalue weighted by Gasteiger charge is 2.36. The van der Waals surface area contributed by atoms with Gasteiger partial charge < -0.3 is 5.32 Å². The Morgan fingerprint density at radius 3 is 1.64 bits per heavy atom. The topological polar surface area (TPSA) is 50.4 Å². The van der Waals surface area contributed by atoms with Gasteiger partial charge in [-0.25, -0.2) is 0 Å². The lowest BCUT2D eigenvalue weighted by atomic mass is 9.78. The van der Waals surface area contributed by atoms with E-state index in [2.05, 4.69) is 17.4 Å². The highest BCUT2D eigenvalue weighted by molar-refractivity contribution is 5.77. The number of hydrogen-bond donors (Lipinski definition) is 2. The van der Waals surface area contributed by atoms with Crippen LogP contribution in [0.2, 0.25) is 0 Å². The van der Waals surface area contributed by atoms with E-state index in [4.69, 9.17) is 4.84 Å². The number of carbonyl (C=O) groups is 1. The van der Waals surface area contributed by atoms with Crippen molar-refractivity contribution in [3.8, 4) is 0 Å². The van der Waals surface area contributed by atoms with Gasteiger partial charge in [0.15, 0.2) is 0 Å². The molecule has 2 N–H and O–H groups in total. The van der Waals surface area contributed by atoms with Gasteiger partial charge in [-0.05, 0) is 16.7 Å². The third-order valence-electron chi connectivity index (χ3n) is 4.49. The predicted molar refractivity (Wildman–Crippen MR) is 112 cm³/mol. The fraction of sp³-hybridized carbons (Fsp3) is 0.125. The van der Waals surface area contributed by atoms with E-state index in [0.29, 0.717) is 6.54 Å². The molecular formula is C24H24N2O2. The summed E-state index contributed by atoms with van der Waals surface area (Å²) < 4.78 is 0. The standard InChI is InChI=1S/C24H24N2O2/c1-2-18-25-23(27)19-28-26-24(20-12-6-3-7-13-20,21-14-8-4-9-15-21)22-16-10-5-11-17-22/h2-17,26H,1,18-19H2,(H,25,27). The van der Waals surface area contributed by atoms with Crippen LogP contribution in [-0.4, -0.2) is 19.1 Å². The molecule has 1 amide bonds. The molecule has 0 radical (unpaired) electrons. The van der Waals surface area contributed by atoms with Crippen molar-refractivity contribution >= 4 is 5.91 Å². The number of rotatable bonds is 9. The normalized spacial score (nSPS) is 11.0. The lowest BCUT2D eigenvalue weighted by molar-refractivity contribution is -0.129. The minimum absolute atomic E-state index is 0.109. The zero-order chi connectivity index (χ0) is 19.7. The molecule has 28 heavy (non-hydrogen) atoms. The smallest absolute Gasteiger partial charge is 0.248 e. The fourth-order valence-corrected chi connectivity index (χ4v) is 3.19. The van der Waals surface area contributed by atoms with Crippen LogP contribution in [0.25, 0.3) is 0 Å². The van der Waals surface area contributed by atoms with Crippen LogP contribution in [0.15, 0.2) is 104 Å². The number of carbonyl (C=O) groups excluding carboxylic acids is 1. The molecule has 3 aromatic carbocycles. The van der Waals surface area contributed by atoms with Crippen molar-refractivity contribution in [3.63, 3.8) is 0 Å². The minimum atomic E-state index is -0.761. The molecule has 3 rings (SSSR count). The van der Waals surface area contributed by atoms with Crippen LogP contribution in [0.4, 0.5) is 0 Å². The van der Waals surface area contributed by atoms with Gasteiger partial charge >= 0.3 is 0 Å². The Hall–Kier alpha value is -3.21. The zero-order valence-electron chi connectivity index (χ0n) is 15.7. The van der Waals surface area contributed by atoms with E-state index in [1.54, 1.807) is 6.08 Å². The van der Waals surface area contributed by atoms with Gasteiger partial charge in [0.25, 0.3) is 0 Å². The summed E-state index contributed by atoms with van der Waals surface area (Å²) in [5, 5.41) is 2.72. The first-order chi connectivity index (χ1) is 13.8. The van der Waals surface area contributed by atoms with Gasteiger partial charge in [-0.2, -0.15) is 5.48 Å². The second-order valence-electron chi connectivity index (χ2n) is 6.33. The predicted octanol–water partition coefficient (Wildman–Crippen LogP) is 3.80. The van der Waals surface area contributed by atoms with E-state index in [9.17, 15) is 4.79 Å². The number of hydroxylamine groups is 1. The Morgan fingerprint density at radius 1 is 0.821 bits per heavy atom. The quantitative estimate of drug-likeness (QED) is 0.341. The van der Waals surface area contributed by atoms with Crippen molar-refractivity contribution < 1.29 is 9.63 Å². The highest BCUT2D eigenvalue weighted by atomic mass is 16.6. The molecule has 4 heteroatoms. The van der Waals surface area contributed by atoms with Crippen LogP contribution < -0.4 is 10.8 Å². The summed E-state index contributed by atoms with van der Waals surface area (Å²) in [6.45, 7) is 3.90.